The van der Waals surface area contributed by atoms with Crippen molar-refractivity contribution in [3.63, 3.8) is 0 Å². The first-order valence-corrected chi connectivity index (χ1v) is 9.20. The van der Waals surface area contributed by atoms with Gasteiger partial charge < -0.3 is 4.74 Å². The average Bonchev–Trinajstić information content (AvgIpc) is 2.71. The van der Waals surface area contributed by atoms with Crippen molar-refractivity contribution < 1.29 is 26.7 Å². The average molecular weight is 422 g/mol. The summed E-state index contributed by atoms with van der Waals surface area (Å²) in [4.78, 5) is 8.22. The van der Waals surface area contributed by atoms with E-state index in [9.17, 15) is 22.0 Å². The van der Waals surface area contributed by atoms with Crippen LogP contribution < -0.4 is 4.74 Å². The third-order valence-electron chi connectivity index (χ3n) is 4.38. The van der Waals surface area contributed by atoms with E-state index in [1.165, 1.54) is 12.3 Å². The van der Waals surface area contributed by atoms with Crippen molar-refractivity contribution in [1.82, 2.24) is 9.97 Å². The Morgan fingerprint density at radius 1 is 0.867 bits per heavy atom. The Hall–Kier alpha value is -3.03. The molecular formula is C22H19F5N2O. The fourth-order valence-corrected chi connectivity index (χ4v) is 2.86. The maximum absolute atomic E-state index is 12.9. The van der Waals surface area contributed by atoms with Crippen molar-refractivity contribution in [3.05, 3.63) is 66.0 Å². The van der Waals surface area contributed by atoms with Gasteiger partial charge in [-0.05, 0) is 42.3 Å². The Bertz CT molecular complexity index is 994. The van der Waals surface area contributed by atoms with E-state index in [-0.39, 0.29) is 5.75 Å². The molecule has 2 aromatic heterocycles. The van der Waals surface area contributed by atoms with Crippen LogP contribution in [-0.4, -0.2) is 22.5 Å². The number of rotatable bonds is 6. The molecule has 0 aliphatic rings. The molecule has 3 rings (SSSR count). The fourth-order valence-electron chi connectivity index (χ4n) is 2.86. The van der Waals surface area contributed by atoms with Gasteiger partial charge in [-0.15, -0.1) is 0 Å². The quantitative estimate of drug-likeness (QED) is 0.430. The molecule has 30 heavy (non-hydrogen) atoms. The lowest BCUT2D eigenvalue weighted by Gasteiger charge is -2.13. The second-order valence-electron chi connectivity index (χ2n) is 6.89. The van der Waals surface area contributed by atoms with Crippen molar-refractivity contribution in [3.8, 4) is 28.3 Å². The molecule has 0 aliphatic carbocycles. The lowest BCUT2D eigenvalue weighted by atomic mass is 9.97. The molecule has 0 amide bonds. The van der Waals surface area contributed by atoms with Crippen LogP contribution >= 0.6 is 0 Å². The number of halogens is 5. The van der Waals surface area contributed by atoms with E-state index in [0.717, 1.165) is 30.3 Å². The van der Waals surface area contributed by atoms with Crippen LogP contribution in [0, 0.1) is 0 Å². The number of pyridine rings is 2. The zero-order chi connectivity index (χ0) is 21.9. The van der Waals surface area contributed by atoms with Gasteiger partial charge in [0, 0.05) is 24.2 Å². The van der Waals surface area contributed by atoms with E-state index >= 15 is 0 Å². The molecule has 0 aliphatic heterocycles. The van der Waals surface area contributed by atoms with E-state index in [2.05, 4.69) is 9.97 Å². The molecule has 0 saturated carbocycles. The Kier molecular flexibility index (Phi) is 6.05. The zero-order valence-corrected chi connectivity index (χ0v) is 16.3. The third-order valence-corrected chi connectivity index (χ3v) is 4.38. The largest absolute Gasteiger partial charge is 0.486 e. The van der Waals surface area contributed by atoms with Crippen LogP contribution in [0.5, 0.6) is 5.75 Å². The summed E-state index contributed by atoms with van der Waals surface area (Å²) in [5, 5.41) is 0. The molecule has 0 atom stereocenters. The minimum absolute atomic E-state index is 0.240. The van der Waals surface area contributed by atoms with Crippen LogP contribution in [0.2, 0.25) is 0 Å². The number of hydrogen-bond donors (Lipinski definition) is 0. The summed E-state index contributed by atoms with van der Waals surface area (Å²) in [7, 11) is 0. The number of aromatic nitrogens is 2. The first-order chi connectivity index (χ1) is 14.1. The van der Waals surface area contributed by atoms with Gasteiger partial charge in [-0.1, -0.05) is 19.1 Å². The van der Waals surface area contributed by atoms with Crippen LogP contribution in [0.25, 0.3) is 22.5 Å². The molecular weight excluding hydrogens is 403 g/mol. The predicted molar refractivity (Wildman–Crippen MR) is 103 cm³/mol. The maximum atomic E-state index is 12.9. The van der Waals surface area contributed by atoms with Gasteiger partial charge in [0.25, 0.3) is 5.92 Å². The molecule has 0 bridgehead atoms. The van der Waals surface area contributed by atoms with Crippen LogP contribution in [0.1, 0.15) is 25.0 Å². The van der Waals surface area contributed by atoms with Gasteiger partial charge in [0.1, 0.15) is 5.75 Å². The SMILES string of the molecule is CCc1cc(-c2ccc(C(F)(F)F)cn2)ccc1-c1ccc(OCC(C)(F)F)cn1. The summed E-state index contributed by atoms with van der Waals surface area (Å²) < 4.78 is 69.0. The summed E-state index contributed by atoms with van der Waals surface area (Å²) in [6, 6.07) is 11.0. The second-order valence-corrected chi connectivity index (χ2v) is 6.89. The van der Waals surface area contributed by atoms with E-state index in [1.807, 2.05) is 19.1 Å². The van der Waals surface area contributed by atoms with Gasteiger partial charge in [0.15, 0.2) is 6.61 Å². The third kappa shape index (κ3) is 5.31. The van der Waals surface area contributed by atoms with Gasteiger partial charge in [0.05, 0.1) is 23.1 Å². The Morgan fingerprint density at radius 2 is 1.57 bits per heavy atom. The number of benzene rings is 1. The highest BCUT2D eigenvalue weighted by molar-refractivity contribution is 5.70. The molecule has 3 aromatic rings. The molecule has 8 heteroatoms. The number of ether oxygens (including phenoxy) is 1. The molecule has 1 aromatic carbocycles. The molecule has 0 spiro atoms. The molecule has 0 unspecified atom stereocenters. The van der Waals surface area contributed by atoms with E-state index < -0.39 is 24.3 Å². The summed E-state index contributed by atoms with van der Waals surface area (Å²) in [6.45, 7) is 1.99. The lowest BCUT2D eigenvalue weighted by Crippen LogP contribution is -2.20. The molecule has 2 heterocycles. The summed E-state index contributed by atoms with van der Waals surface area (Å²) >= 11 is 0. The molecule has 0 fully saturated rings. The lowest BCUT2D eigenvalue weighted by molar-refractivity contribution is -0.137. The monoisotopic (exact) mass is 422 g/mol. The normalized spacial score (nSPS) is 12.1. The topological polar surface area (TPSA) is 35.0 Å². The summed E-state index contributed by atoms with van der Waals surface area (Å²) in [5.41, 5.74) is 2.72. The van der Waals surface area contributed by atoms with Crippen LogP contribution in [0.4, 0.5) is 22.0 Å². The standard InChI is InChI=1S/C22H19F5N2O/c1-3-14-10-15(19-8-5-16(11-28-19)22(25,26)27)4-7-18(14)20-9-6-17(12-29-20)30-13-21(2,23)24/h4-12H,3,13H2,1-2H3. The van der Waals surface area contributed by atoms with Crippen molar-refractivity contribution in [2.24, 2.45) is 0 Å². The van der Waals surface area contributed by atoms with E-state index in [1.54, 1.807) is 18.2 Å². The van der Waals surface area contributed by atoms with Gasteiger partial charge in [-0.3, -0.25) is 9.97 Å². The number of alkyl halides is 5. The Morgan fingerprint density at radius 3 is 2.10 bits per heavy atom. The van der Waals surface area contributed by atoms with Crippen molar-refractivity contribution >= 4 is 0 Å². The van der Waals surface area contributed by atoms with E-state index in [4.69, 9.17) is 4.74 Å². The van der Waals surface area contributed by atoms with Crippen LogP contribution in [0.15, 0.2) is 54.9 Å². The predicted octanol–water partition coefficient (Wildman–Crippen LogP) is 6.43. The van der Waals surface area contributed by atoms with Gasteiger partial charge in [-0.25, -0.2) is 8.78 Å². The fraction of sp³-hybridized carbons (Fsp3) is 0.273. The Balaban J connectivity index is 1.84. The highest BCUT2D eigenvalue weighted by atomic mass is 19.4. The first-order valence-electron chi connectivity index (χ1n) is 9.20. The molecule has 3 nitrogen and oxygen atoms in total. The second kappa shape index (κ2) is 8.38. The highest BCUT2D eigenvalue weighted by Crippen LogP contribution is 2.32. The summed E-state index contributed by atoms with van der Waals surface area (Å²) in [6.07, 6.45) is -1.58. The number of hydrogen-bond acceptors (Lipinski definition) is 3. The molecule has 0 N–H and O–H groups in total. The summed E-state index contributed by atoms with van der Waals surface area (Å²) in [5.74, 6) is -2.69. The van der Waals surface area contributed by atoms with E-state index in [0.29, 0.717) is 23.4 Å². The molecule has 0 radical (unpaired) electrons. The molecule has 158 valence electrons. The minimum Gasteiger partial charge on any atom is -0.486 e. The smallest absolute Gasteiger partial charge is 0.417 e. The van der Waals surface area contributed by atoms with Crippen molar-refractivity contribution in [2.75, 3.05) is 6.61 Å². The zero-order valence-electron chi connectivity index (χ0n) is 16.3. The van der Waals surface area contributed by atoms with Gasteiger partial charge in [0.2, 0.25) is 0 Å². The van der Waals surface area contributed by atoms with Crippen molar-refractivity contribution in [2.45, 2.75) is 32.4 Å². The molecule has 0 saturated heterocycles. The first kappa shape index (κ1) is 21.7. The van der Waals surface area contributed by atoms with Crippen molar-refractivity contribution in [1.29, 1.82) is 0 Å². The number of nitrogens with zero attached hydrogens (tertiary/aromatic N) is 2. The number of aryl methyl sites for hydroxylation is 1. The van der Waals surface area contributed by atoms with Crippen LogP contribution in [-0.2, 0) is 12.6 Å². The minimum atomic E-state index is -4.43. The van der Waals surface area contributed by atoms with Gasteiger partial charge in [-0.2, -0.15) is 13.2 Å². The van der Waals surface area contributed by atoms with Crippen LogP contribution in [0.3, 0.4) is 0 Å². The Labute approximate surface area is 170 Å². The van der Waals surface area contributed by atoms with Gasteiger partial charge >= 0.3 is 6.18 Å². The maximum Gasteiger partial charge on any atom is 0.417 e. The highest BCUT2D eigenvalue weighted by Gasteiger charge is 2.30.